The monoisotopic (exact) mass is 441 g/mol. The van der Waals surface area contributed by atoms with E-state index < -0.39 is 0 Å². The average Bonchev–Trinajstić information content (AvgIpc) is 3.36. The van der Waals surface area contributed by atoms with E-state index in [0.29, 0.717) is 18.8 Å². The minimum Gasteiger partial charge on any atom is -0.494 e. The fourth-order valence-corrected chi connectivity index (χ4v) is 5.72. The SMILES string of the molecule is CCOC(=O)[C@H]1CCc2c(sc3ncnc(Nc4cc5snnc5cc4OC)c23)C1. The van der Waals surface area contributed by atoms with E-state index >= 15 is 0 Å². The van der Waals surface area contributed by atoms with Crippen LogP contribution in [-0.2, 0) is 22.4 Å². The molecule has 1 N–H and O–H groups in total. The van der Waals surface area contributed by atoms with Gasteiger partial charge in [0.2, 0.25) is 0 Å². The highest BCUT2D eigenvalue weighted by atomic mass is 32.1. The first-order chi connectivity index (χ1) is 14.7. The number of hydrogen-bond donors (Lipinski definition) is 1. The van der Waals surface area contributed by atoms with Crippen LogP contribution in [0.5, 0.6) is 5.75 Å². The third-order valence-electron chi connectivity index (χ3n) is 5.29. The Morgan fingerprint density at radius 1 is 1.33 bits per heavy atom. The second-order valence-electron chi connectivity index (χ2n) is 7.02. The van der Waals surface area contributed by atoms with Crippen molar-refractivity contribution in [1.82, 2.24) is 19.6 Å². The first kappa shape index (κ1) is 19.1. The first-order valence-electron chi connectivity index (χ1n) is 9.67. The highest BCUT2D eigenvalue weighted by Crippen LogP contribution is 2.42. The Morgan fingerprint density at radius 2 is 2.23 bits per heavy atom. The molecule has 3 heterocycles. The molecule has 0 spiro atoms. The summed E-state index contributed by atoms with van der Waals surface area (Å²) in [5, 5.41) is 8.56. The molecule has 0 saturated heterocycles. The number of fused-ring (bicyclic) bond motifs is 4. The zero-order valence-corrected chi connectivity index (χ0v) is 18.1. The molecule has 1 aliphatic rings. The fourth-order valence-electron chi connectivity index (χ4n) is 3.87. The van der Waals surface area contributed by atoms with Gasteiger partial charge in [0.1, 0.15) is 28.2 Å². The van der Waals surface area contributed by atoms with Crippen LogP contribution in [0.2, 0.25) is 0 Å². The summed E-state index contributed by atoms with van der Waals surface area (Å²) in [6.07, 6.45) is 3.83. The molecule has 3 aromatic heterocycles. The maximum absolute atomic E-state index is 12.2. The van der Waals surface area contributed by atoms with Crippen molar-refractivity contribution in [2.45, 2.75) is 26.2 Å². The lowest BCUT2D eigenvalue weighted by molar-refractivity contribution is -0.148. The van der Waals surface area contributed by atoms with Gasteiger partial charge in [-0.25, -0.2) is 9.97 Å². The van der Waals surface area contributed by atoms with Gasteiger partial charge in [0, 0.05) is 10.9 Å². The third-order valence-corrected chi connectivity index (χ3v) is 7.14. The predicted octanol–water partition coefficient (Wildman–Crippen LogP) is 4.12. The number of carbonyl (C=O) groups is 1. The van der Waals surface area contributed by atoms with Crippen molar-refractivity contribution in [3.05, 3.63) is 28.9 Å². The summed E-state index contributed by atoms with van der Waals surface area (Å²) in [6, 6.07) is 3.84. The number of thiophene rings is 1. The summed E-state index contributed by atoms with van der Waals surface area (Å²) < 4.78 is 15.7. The van der Waals surface area contributed by atoms with Gasteiger partial charge in [-0.3, -0.25) is 4.79 Å². The van der Waals surface area contributed by atoms with E-state index in [0.717, 1.165) is 44.8 Å². The molecule has 10 heteroatoms. The van der Waals surface area contributed by atoms with Crippen LogP contribution in [0.25, 0.3) is 20.4 Å². The number of methoxy groups -OCH3 is 1. The molecule has 8 nitrogen and oxygen atoms in total. The summed E-state index contributed by atoms with van der Waals surface area (Å²) in [5.41, 5.74) is 2.82. The summed E-state index contributed by atoms with van der Waals surface area (Å²) in [5.74, 6) is 1.22. The maximum Gasteiger partial charge on any atom is 0.309 e. The molecule has 1 aliphatic carbocycles. The molecule has 1 atom stereocenters. The second kappa shape index (κ2) is 7.77. The Hall–Kier alpha value is -2.85. The van der Waals surface area contributed by atoms with Crippen LogP contribution in [0.4, 0.5) is 11.5 Å². The number of benzene rings is 1. The van der Waals surface area contributed by atoms with Crippen molar-refractivity contribution in [3.8, 4) is 5.75 Å². The van der Waals surface area contributed by atoms with Crippen molar-refractivity contribution in [2.75, 3.05) is 19.0 Å². The van der Waals surface area contributed by atoms with E-state index in [2.05, 4.69) is 24.9 Å². The number of aromatic nitrogens is 4. The van der Waals surface area contributed by atoms with Crippen molar-refractivity contribution < 1.29 is 14.3 Å². The van der Waals surface area contributed by atoms with Crippen LogP contribution in [0.1, 0.15) is 23.8 Å². The lowest BCUT2D eigenvalue weighted by Gasteiger charge is -2.20. The zero-order chi connectivity index (χ0) is 20.7. The number of ether oxygens (including phenoxy) is 2. The Kier molecular flexibility index (Phi) is 4.95. The van der Waals surface area contributed by atoms with E-state index in [1.165, 1.54) is 22.0 Å². The molecule has 1 aromatic carbocycles. The number of carbonyl (C=O) groups excluding carboxylic acids is 1. The molecule has 0 amide bonds. The van der Waals surface area contributed by atoms with E-state index in [1.54, 1.807) is 24.8 Å². The van der Waals surface area contributed by atoms with Crippen molar-refractivity contribution in [1.29, 1.82) is 0 Å². The van der Waals surface area contributed by atoms with Gasteiger partial charge in [0.15, 0.2) is 0 Å². The van der Waals surface area contributed by atoms with E-state index in [-0.39, 0.29) is 11.9 Å². The van der Waals surface area contributed by atoms with Gasteiger partial charge in [0.05, 0.1) is 35.4 Å². The molecule has 0 radical (unpaired) electrons. The Morgan fingerprint density at radius 3 is 3.07 bits per heavy atom. The minimum atomic E-state index is -0.110. The van der Waals surface area contributed by atoms with Gasteiger partial charge in [-0.2, -0.15) is 0 Å². The summed E-state index contributed by atoms with van der Waals surface area (Å²) in [7, 11) is 1.63. The molecule has 0 bridgehead atoms. The first-order valence-corrected chi connectivity index (χ1v) is 11.3. The van der Waals surface area contributed by atoms with Crippen LogP contribution in [0.3, 0.4) is 0 Å². The lowest BCUT2D eigenvalue weighted by atomic mass is 9.88. The number of anilines is 2. The maximum atomic E-state index is 12.2. The number of nitrogens with one attached hydrogen (secondary N) is 1. The van der Waals surface area contributed by atoms with Crippen LogP contribution >= 0.6 is 22.9 Å². The number of esters is 1. The molecule has 0 saturated carbocycles. The van der Waals surface area contributed by atoms with Crippen LogP contribution < -0.4 is 10.1 Å². The molecule has 0 aliphatic heterocycles. The molecular formula is C20H19N5O3S2. The number of rotatable bonds is 5. The quantitative estimate of drug-likeness (QED) is 0.462. The molecule has 5 rings (SSSR count). The summed E-state index contributed by atoms with van der Waals surface area (Å²) >= 11 is 2.96. The van der Waals surface area contributed by atoms with Crippen molar-refractivity contribution in [3.63, 3.8) is 0 Å². The molecular weight excluding hydrogens is 422 g/mol. The minimum absolute atomic E-state index is 0.0868. The molecule has 0 fully saturated rings. The average molecular weight is 442 g/mol. The van der Waals surface area contributed by atoms with Crippen LogP contribution in [0, 0.1) is 5.92 Å². The van der Waals surface area contributed by atoms with Gasteiger partial charge in [-0.05, 0) is 49.3 Å². The second-order valence-corrected chi connectivity index (χ2v) is 8.89. The van der Waals surface area contributed by atoms with Crippen molar-refractivity contribution >= 4 is 60.8 Å². The Bertz CT molecular complexity index is 1250. The Balaban J connectivity index is 1.53. The molecule has 0 unspecified atom stereocenters. The summed E-state index contributed by atoms with van der Waals surface area (Å²) in [4.78, 5) is 23.3. The van der Waals surface area contributed by atoms with Gasteiger partial charge in [-0.15, -0.1) is 16.4 Å². The molecule has 154 valence electrons. The predicted molar refractivity (Wildman–Crippen MR) is 117 cm³/mol. The fraction of sp³-hybridized carbons (Fsp3) is 0.350. The standard InChI is InChI=1S/C20H19N5O3S2/c1-3-28-20(26)10-4-5-11-15(6-10)29-19-17(11)18(21-9-22-19)23-12-8-16-13(24-25-30-16)7-14(12)27-2/h7-10H,3-6H2,1-2H3,(H,21,22,23)/t10-/m0/s1. The zero-order valence-electron chi connectivity index (χ0n) is 16.5. The number of nitrogens with zero attached hydrogens (tertiary/aromatic N) is 4. The van der Waals surface area contributed by atoms with Crippen LogP contribution in [-0.4, -0.2) is 39.2 Å². The van der Waals surface area contributed by atoms with Crippen molar-refractivity contribution in [2.24, 2.45) is 5.92 Å². The largest absolute Gasteiger partial charge is 0.494 e. The normalized spacial score (nSPS) is 15.9. The van der Waals surface area contributed by atoms with Crippen LogP contribution in [0.15, 0.2) is 18.5 Å². The number of aryl methyl sites for hydroxylation is 1. The van der Waals surface area contributed by atoms with E-state index in [4.69, 9.17) is 9.47 Å². The highest BCUT2D eigenvalue weighted by Gasteiger charge is 2.30. The molecule has 30 heavy (non-hydrogen) atoms. The topological polar surface area (TPSA) is 99.1 Å². The van der Waals surface area contributed by atoms with Gasteiger partial charge in [0.25, 0.3) is 0 Å². The Labute approximate surface area is 180 Å². The summed E-state index contributed by atoms with van der Waals surface area (Å²) in [6.45, 7) is 2.25. The molecule has 4 aromatic rings. The van der Waals surface area contributed by atoms with E-state index in [1.807, 2.05) is 19.1 Å². The highest BCUT2D eigenvalue weighted by molar-refractivity contribution is 7.19. The third kappa shape index (κ3) is 3.25. The number of hydrogen-bond acceptors (Lipinski definition) is 10. The van der Waals surface area contributed by atoms with Gasteiger partial charge < -0.3 is 14.8 Å². The van der Waals surface area contributed by atoms with E-state index in [9.17, 15) is 4.79 Å². The van der Waals surface area contributed by atoms with Gasteiger partial charge in [-0.1, -0.05) is 4.49 Å². The smallest absolute Gasteiger partial charge is 0.309 e. The van der Waals surface area contributed by atoms with Gasteiger partial charge >= 0.3 is 5.97 Å². The lowest BCUT2D eigenvalue weighted by Crippen LogP contribution is -2.23.